The predicted molar refractivity (Wildman–Crippen MR) is 63.1 cm³/mol. The second kappa shape index (κ2) is 3.48. The fourth-order valence-corrected chi connectivity index (χ4v) is 3.05. The fraction of sp³-hybridized carbons (Fsp3) is 0.357. The van der Waals surface area contributed by atoms with E-state index in [-0.39, 0.29) is 5.91 Å². The molecule has 0 spiro atoms. The second-order valence-corrected chi connectivity index (χ2v) is 4.71. The van der Waals surface area contributed by atoms with Crippen LogP contribution in [0.25, 0.3) is 0 Å². The van der Waals surface area contributed by atoms with Gasteiger partial charge in [0.15, 0.2) is 0 Å². The SMILES string of the molecule is C=CC(=O)NCC1C2Cc3ccccc3C12. The van der Waals surface area contributed by atoms with Crippen LogP contribution >= 0.6 is 0 Å². The van der Waals surface area contributed by atoms with Crippen LogP contribution in [-0.2, 0) is 11.2 Å². The second-order valence-electron chi connectivity index (χ2n) is 4.71. The van der Waals surface area contributed by atoms with Crippen LogP contribution in [0.1, 0.15) is 17.0 Å². The molecule has 1 N–H and O–H groups in total. The van der Waals surface area contributed by atoms with Gasteiger partial charge >= 0.3 is 0 Å². The van der Waals surface area contributed by atoms with E-state index < -0.39 is 0 Å². The maximum atomic E-state index is 11.1. The third-order valence-corrected chi connectivity index (χ3v) is 3.90. The maximum absolute atomic E-state index is 11.1. The summed E-state index contributed by atoms with van der Waals surface area (Å²) in [6.07, 6.45) is 2.53. The minimum atomic E-state index is -0.0572. The first kappa shape index (κ1) is 9.64. The van der Waals surface area contributed by atoms with Crippen molar-refractivity contribution in [1.82, 2.24) is 5.32 Å². The Labute approximate surface area is 95.4 Å². The first-order valence-electron chi connectivity index (χ1n) is 5.79. The van der Waals surface area contributed by atoms with Crippen LogP contribution in [-0.4, -0.2) is 12.5 Å². The van der Waals surface area contributed by atoms with Gasteiger partial charge in [0.1, 0.15) is 0 Å². The van der Waals surface area contributed by atoms with Gasteiger partial charge in [0.25, 0.3) is 0 Å². The van der Waals surface area contributed by atoms with Crippen molar-refractivity contribution in [1.29, 1.82) is 0 Å². The van der Waals surface area contributed by atoms with Crippen LogP contribution in [0.3, 0.4) is 0 Å². The molecule has 0 aromatic heterocycles. The zero-order valence-corrected chi connectivity index (χ0v) is 9.15. The lowest BCUT2D eigenvalue weighted by Gasteiger charge is -2.07. The average molecular weight is 213 g/mol. The van der Waals surface area contributed by atoms with Crippen LogP contribution in [0.2, 0.25) is 0 Å². The average Bonchev–Trinajstić information content (AvgIpc) is 2.85. The Balaban J connectivity index is 1.65. The van der Waals surface area contributed by atoms with Gasteiger partial charge in [-0.15, -0.1) is 0 Å². The van der Waals surface area contributed by atoms with E-state index in [1.807, 2.05) is 0 Å². The number of benzene rings is 1. The number of rotatable bonds is 3. The molecule has 1 aromatic rings. The lowest BCUT2D eigenvalue weighted by molar-refractivity contribution is -0.116. The molecule has 3 unspecified atom stereocenters. The van der Waals surface area contributed by atoms with Crippen LogP contribution in [0.4, 0.5) is 0 Å². The maximum Gasteiger partial charge on any atom is 0.243 e. The molecule has 16 heavy (non-hydrogen) atoms. The molecule has 0 bridgehead atoms. The molecule has 1 fully saturated rings. The van der Waals surface area contributed by atoms with Gasteiger partial charge in [-0.1, -0.05) is 30.8 Å². The summed E-state index contributed by atoms with van der Waals surface area (Å²) < 4.78 is 0. The molecule has 3 rings (SSSR count). The Morgan fingerprint density at radius 2 is 2.31 bits per heavy atom. The van der Waals surface area contributed by atoms with Gasteiger partial charge in [0.2, 0.25) is 5.91 Å². The van der Waals surface area contributed by atoms with E-state index in [4.69, 9.17) is 0 Å². The van der Waals surface area contributed by atoms with Gasteiger partial charge < -0.3 is 5.32 Å². The summed E-state index contributed by atoms with van der Waals surface area (Å²) in [5, 5.41) is 2.90. The van der Waals surface area contributed by atoms with Gasteiger partial charge in [-0.2, -0.15) is 0 Å². The molecule has 3 atom stereocenters. The molecule has 1 amide bonds. The quantitative estimate of drug-likeness (QED) is 0.763. The van der Waals surface area contributed by atoms with E-state index in [1.165, 1.54) is 23.6 Å². The minimum absolute atomic E-state index is 0.0572. The van der Waals surface area contributed by atoms with Crippen molar-refractivity contribution in [3.63, 3.8) is 0 Å². The zero-order chi connectivity index (χ0) is 11.1. The van der Waals surface area contributed by atoms with Crippen molar-refractivity contribution in [2.75, 3.05) is 6.54 Å². The van der Waals surface area contributed by atoms with Crippen molar-refractivity contribution in [2.45, 2.75) is 12.3 Å². The summed E-state index contributed by atoms with van der Waals surface area (Å²) in [6.45, 7) is 4.26. The molecule has 1 aromatic carbocycles. The number of amides is 1. The van der Waals surface area contributed by atoms with E-state index in [0.717, 1.165) is 12.5 Å². The predicted octanol–water partition coefficient (Wildman–Crippen LogP) is 1.87. The fourth-order valence-electron chi connectivity index (χ4n) is 3.05. The number of carbonyl (C=O) groups is 1. The zero-order valence-electron chi connectivity index (χ0n) is 9.15. The Kier molecular flexibility index (Phi) is 2.10. The topological polar surface area (TPSA) is 29.1 Å². The molecule has 82 valence electrons. The van der Waals surface area contributed by atoms with E-state index >= 15 is 0 Å². The summed E-state index contributed by atoms with van der Waals surface area (Å²) in [5.74, 6) is 2.06. The van der Waals surface area contributed by atoms with Crippen molar-refractivity contribution in [2.24, 2.45) is 11.8 Å². The van der Waals surface area contributed by atoms with Crippen LogP contribution in [0.15, 0.2) is 36.9 Å². The summed E-state index contributed by atoms with van der Waals surface area (Å²) in [5.41, 5.74) is 3.01. The van der Waals surface area contributed by atoms with Gasteiger partial charge in [0.05, 0.1) is 0 Å². The molecule has 2 heteroatoms. The Hall–Kier alpha value is -1.57. The Bertz CT molecular complexity index is 452. The molecule has 1 saturated carbocycles. The highest BCUT2D eigenvalue weighted by Gasteiger charge is 2.54. The smallest absolute Gasteiger partial charge is 0.243 e. The largest absolute Gasteiger partial charge is 0.352 e. The normalized spacial score (nSPS) is 29.1. The van der Waals surface area contributed by atoms with Crippen molar-refractivity contribution in [3.05, 3.63) is 48.0 Å². The summed E-state index contributed by atoms with van der Waals surface area (Å²) in [4.78, 5) is 11.1. The van der Waals surface area contributed by atoms with Gasteiger partial charge in [-0.25, -0.2) is 0 Å². The highest BCUT2D eigenvalue weighted by molar-refractivity contribution is 5.86. The lowest BCUT2D eigenvalue weighted by atomic mass is 10.0. The molecule has 2 aliphatic rings. The standard InChI is InChI=1S/C14H15NO/c1-2-13(16)15-8-12-11-7-9-5-3-4-6-10(9)14(11)12/h2-6,11-12,14H,1,7-8H2,(H,15,16). The first-order chi connectivity index (χ1) is 7.81. The molecule has 0 radical (unpaired) electrons. The molecule has 2 nitrogen and oxygen atoms in total. The molecular formula is C14H15NO. The number of nitrogens with one attached hydrogen (secondary N) is 1. The number of fused-ring (bicyclic) bond motifs is 3. The Morgan fingerprint density at radius 3 is 3.12 bits per heavy atom. The summed E-state index contributed by atoms with van der Waals surface area (Å²) >= 11 is 0. The third kappa shape index (κ3) is 1.37. The van der Waals surface area contributed by atoms with E-state index in [0.29, 0.717) is 11.8 Å². The van der Waals surface area contributed by atoms with Crippen molar-refractivity contribution < 1.29 is 4.79 Å². The van der Waals surface area contributed by atoms with Crippen LogP contribution in [0, 0.1) is 11.8 Å². The van der Waals surface area contributed by atoms with Gasteiger partial charge in [-0.3, -0.25) is 4.79 Å². The van der Waals surface area contributed by atoms with E-state index in [2.05, 4.69) is 36.2 Å². The first-order valence-corrected chi connectivity index (χ1v) is 5.79. The van der Waals surface area contributed by atoms with E-state index in [9.17, 15) is 4.79 Å². The monoisotopic (exact) mass is 213 g/mol. The molecule has 0 aliphatic heterocycles. The molecule has 0 saturated heterocycles. The summed E-state index contributed by atoms with van der Waals surface area (Å²) in [6, 6.07) is 8.67. The van der Waals surface area contributed by atoms with Crippen LogP contribution in [0.5, 0.6) is 0 Å². The lowest BCUT2D eigenvalue weighted by Crippen LogP contribution is -2.24. The van der Waals surface area contributed by atoms with Gasteiger partial charge in [0, 0.05) is 6.54 Å². The Morgan fingerprint density at radius 1 is 1.50 bits per heavy atom. The number of carbonyl (C=O) groups excluding carboxylic acids is 1. The highest BCUT2D eigenvalue weighted by Crippen LogP contribution is 2.60. The molecule has 2 aliphatic carbocycles. The van der Waals surface area contributed by atoms with Gasteiger partial charge in [-0.05, 0) is 41.4 Å². The highest BCUT2D eigenvalue weighted by atomic mass is 16.1. The number of hydrogen-bond acceptors (Lipinski definition) is 1. The van der Waals surface area contributed by atoms with Crippen molar-refractivity contribution >= 4 is 5.91 Å². The number of hydrogen-bond donors (Lipinski definition) is 1. The van der Waals surface area contributed by atoms with Crippen LogP contribution < -0.4 is 5.32 Å². The summed E-state index contributed by atoms with van der Waals surface area (Å²) in [7, 11) is 0. The molecular weight excluding hydrogens is 198 g/mol. The molecule has 0 heterocycles. The third-order valence-electron chi connectivity index (χ3n) is 3.90. The van der Waals surface area contributed by atoms with E-state index in [1.54, 1.807) is 0 Å². The minimum Gasteiger partial charge on any atom is -0.352 e. The van der Waals surface area contributed by atoms with Crippen molar-refractivity contribution in [3.8, 4) is 0 Å².